The van der Waals surface area contributed by atoms with Gasteiger partial charge in [0.25, 0.3) is 0 Å². The lowest BCUT2D eigenvalue weighted by atomic mass is 9.90. The first-order chi connectivity index (χ1) is 19.6. The van der Waals surface area contributed by atoms with E-state index in [1.807, 2.05) is 115 Å². The fourth-order valence-corrected chi connectivity index (χ4v) is 4.77. The second kappa shape index (κ2) is 14.2. The largest absolute Gasteiger partial charge is 0.298 e. The number of hydrogen-bond acceptors (Lipinski definition) is 4. The summed E-state index contributed by atoms with van der Waals surface area (Å²) in [7, 11) is 0. The molecule has 0 radical (unpaired) electrons. The number of nitriles is 2. The van der Waals surface area contributed by atoms with Gasteiger partial charge in [0.15, 0.2) is 11.6 Å². The van der Waals surface area contributed by atoms with Gasteiger partial charge in [0, 0.05) is 18.4 Å². The standard InChI is InChI=1S/C36H30N2O2/c37-25-32(24-27-11-4-1-5-12-27)34(39)21-19-28-13-10-14-29(23-28)20-22-35(40)33(26-38)36(30-15-6-2-7-16-30)31-17-8-3-9-18-31/h1-18,23,32H,19-22,24H2. The van der Waals surface area contributed by atoms with Crippen LogP contribution in [0.1, 0.15) is 40.7 Å². The zero-order valence-electron chi connectivity index (χ0n) is 22.3. The minimum atomic E-state index is -0.664. The van der Waals surface area contributed by atoms with Gasteiger partial charge < -0.3 is 0 Å². The van der Waals surface area contributed by atoms with Crippen molar-refractivity contribution in [1.29, 1.82) is 10.5 Å². The summed E-state index contributed by atoms with van der Waals surface area (Å²) < 4.78 is 0. The van der Waals surface area contributed by atoms with Crippen molar-refractivity contribution >= 4 is 17.1 Å². The molecule has 0 aliphatic heterocycles. The molecule has 0 saturated heterocycles. The number of carbonyl (C=O) groups excluding carboxylic acids is 2. The van der Waals surface area contributed by atoms with E-state index in [1.165, 1.54) is 0 Å². The van der Waals surface area contributed by atoms with Crippen LogP contribution in [-0.4, -0.2) is 11.6 Å². The van der Waals surface area contributed by atoms with Gasteiger partial charge in [-0.05, 0) is 47.1 Å². The van der Waals surface area contributed by atoms with E-state index >= 15 is 0 Å². The third-order valence-corrected chi connectivity index (χ3v) is 6.88. The molecule has 0 bridgehead atoms. The van der Waals surface area contributed by atoms with Gasteiger partial charge in [-0.15, -0.1) is 0 Å². The molecule has 40 heavy (non-hydrogen) atoms. The van der Waals surface area contributed by atoms with E-state index < -0.39 is 5.92 Å². The molecule has 4 heteroatoms. The van der Waals surface area contributed by atoms with Gasteiger partial charge in [-0.3, -0.25) is 9.59 Å². The van der Waals surface area contributed by atoms with Crippen LogP contribution in [0.15, 0.2) is 121 Å². The molecule has 196 valence electrons. The zero-order valence-corrected chi connectivity index (χ0v) is 22.3. The van der Waals surface area contributed by atoms with Crippen molar-refractivity contribution in [3.05, 3.63) is 149 Å². The maximum absolute atomic E-state index is 13.3. The van der Waals surface area contributed by atoms with Crippen molar-refractivity contribution in [3.63, 3.8) is 0 Å². The van der Waals surface area contributed by atoms with Gasteiger partial charge >= 0.3 is 0 Å². The molecule has 0 saturated carbocycles. The highest BCUT2D eigenvalue weighted by Crippen LogP contribution is 2.28. The number of allylic oxidation sites excluding steroid dienone is 1. The zero-order chi connectivity index (χ0) is 28.2. The van der Waals surface area contributed by atoms with E-state index in [1.54, 1.807) is 0 Å². The number of nitrogens with zero attached hydrogens (tertiary/aromatic N) is 2. The molecule has 0 aromatic heterocycles. The molecule has 0 aliphatic rings. The topological polar surface area (TPSA) is 81.7 Å². The molecule has 0 heterocycles. The quantitative estimate of drug-likeness (QED) is 0.147. The predicted octanol–water partition coefficient (Wildman–Crippen LogP) is 7.10. The number of aryl methyl sites for hydroxylation is 2. The van der Waals surface area contributed by atoms with Crippen LogP contribution in [0.2, 0.25) is 0 Å². The van der Waals surface area contributed by atoms with Crippen molar-refractivity contribution in [2.45, 2.75) is 32.1 Å². The lowest BCUT2D eigenvalue weighted by Crippen LogP contribution is -2.16. The molecule has 0 fully saturated rings. The number of benzene rings is 4. The number of hydrogen-bond donors (Lipinski definition) is 0. The summed E-state index contributed by atoms with van der Waals surface area (Å²) in [6.45, 7) is 0. The lowest BCUT2D eigenvalue weighted by Gasteiger charge is -2.12. The molecule has 4 aromatic carbocycles. The van der Waals surface area contributed by atoms with Gasteiger partial charge in [-0.2, -0.15) is 10.5 Å². The summed E-state index contributed by atoms with van der Waals surface area (Å²) in [4.78, 5) is 26.1. The first kappa shape index (κ1) is 28.0. The SMILES string of the molecule is N#CC(C(=O)CCc1cccc(CCC(=O)C(C#N)Cc2ccccc2)c1)=C(c1ccccc1)c1ccccc1. The van der Waals surface area contributed by atoms with Gasteiger partial charge in [0.05, 0.1) is 6.07 Å². The molecule has 0 aliphatic carbocycles. The van der Waals surface area contributed by atoms with Crippen LogP contribution in [0.4, 0.5) is 0 Å². The lowest BCUT2D eigenvalue weighted by molar-refractivity contribution is -0.121. The van der Waals surface area contributed by atoms with Gasteiger partial charge in [0.2, 0.25) is 0 Å². The van der Waals surface area contributed by atoms with Gasteiger partial charge in [-0.25, -0.2) is 0 Å². The molecule has 4 aromatic rings. The normalized spacial score (nSPS) is 11.1. The number of rotatable bonds is 12. The van der Waals surface area contributed by atoms with Crippen LogP contribution in [0, 0.1) is 28.6 Å². The summed E-state index contributed by atoms with van der Waals surface area (Å²) in [5, 5.41) is 19.6. The molecule has 4 nitrogen and oxygen atoms in total. The average molecular weight is 523 g/mol. The Morgan fingerprint density at radius 3 is 1.65 bits per heavy atom. The summed E-state index contributed by atoms with van der Waals surface area (Å²) in [6, 6.07) is 40.8. The fourth-order valence-electron chi connectivity index (χ4n) is 4.77. The van der Waals surface area contributed by atoms with Crippen molar-refractivity contribution in [3.8, 4) is 12.1 Å². The number of carbonyl (C=O) groups is 2. The molecule has 0 spiro atoms. The molecular weight excluding hydrogens is 492 g/mol. The Labute approximate surface area is 235 Å². The Balaban J connectivity index is 1.43. The van der Waals surface area contributed by atoms with Crippen molar-refractivity contribution in [2.24, 2.45) is 5.92 Å². The van der Waals surface area contributed by atoms with E-state index in [2.05, 4.69) is 12.1 Å². The number of Topliss-reactive ketones (excluding diaryl/α,β-unsaturated/α-hetero) is 2. The molecular formula is C36H30N2O2. The monoisotopic (exact) mass is 522 g/mol. The van der Waals surface area contributed by atoms with Crippen LogP contribution in [0.3, 0.4) is 0 Å². The maximum atomic E-state index is 13.3. The highest BCUT2D eigenvalue weighted by Gasteiger charge is 2.20. The van der Waals surface area contributed by atoms with Crippen molar-refractivity contribution in [1.82, 2.24) is 0 Å². The second-order valence-electron chi connectivity index (χ2n) is 9.67. The van der Waals surface area contributed by atoms with E-state index in [9.17, 15) is 20.1 Å². The Bertz CT molecular complexity index is 1520. The molecule has 4 rings (SSSR count). The minimum absolute atomic E-state index is 0.0647. The van der Waals surface area contributed by atoms with Crippen LogP contribution in [0.25, 0.3) is 5.57 Å². The molecule has 1 atom stereocenters. The third-order valence-electron chi connectivity index (χ3n) is 6.88. The first-order valence-corrected chi connectivity index (χ1v) is 13.4. The second-order valence-corrected chi connectivity index (χ2v) is 9.67. The summed E-state index contributed by atoms with van der Waals surface area (Å²) in [6.07, 6.45) is 1.91. The molecule has 0 amide bonds. The van der Waals surface area contributed by atoms with Crippen molar-refractivity contribution < 1.29 is 9.59 Å². The Hall–Kier alpha value is -5.06. The van der Waals surface area contributed by atoms with E-state index in [4.69, 9.17) is 0 Å². The summed E-state index contributed by atoms with van der Waals surface area (Å²) >= 11 is 0. The van der Waals surface area contributed by atoms with Crippen LogP contribution in [0.5, 0.6) is 0 Å². The van der Waals surface area contributed by atoms with Crippen molar-refractivity contribution in [2.75, 3.05) is 0 Å². The van der Waals surface area contributed by atoms with E-state index in [-0.39, 0.29) is 30.0 Å². The van der Waals surface area contributed by atoms with E-state index in [0.717, 1.165) is 27.8 Å². The van der Waals surface area contributed by atoms with E-state index in [0.29, 0.717) is 24.8 Å². The Morgan fingerprint density at radius 1 is 0.625 bits per heavy atom. The number of ketones is 2. The van der Waals surface area contributed by atoms with Crippen LogP contribution >= 0.6 is 0 Å². The predicted molar refractivity (Wildman–Crippen MR) is 157 cm³/mol. The highest BCUT2D eigenvalue weighted by atomic mass is 16.1. The third kappa shape index (κ3) is 7.50. The van der Waals surface area contributed by atoms with Crippen LogP contribution in [-0.2, 0) is 28.9 Å². The smallest absolute Gasteiger partial charge is 0.174 e. The van der Waals surface area contributed by atoms with Gasteiger partial charge in [-0.1, -0.05) is 115 Å². The van der Waals surface area contributed by atoms with Crippen LogP contribution < -0.4 is 0 Å². The molecule has 0 N–H and O–H groups in total. The minimum Gasteiger partial charge on any atom is -0.298 e. The molecule has 1 unspecified atom stereocenters. The Morgan fingerprint density at radius 2 is 1.12 bits per heavy atom. The highest BCUT2D eigenvalue weighted by molar-refractivity contribution is 6.09. The summed E-state index contributed by atoms with van der Waals surface area (Å²) in [5.74, 6) is -0.934. The average Bonchev–Trinajstić information content (AvgIpc) is 3.01. The fraction of sp³-hybridized carbons (Fsp3) is 0.167. The maximum Gasteiger partial charge on any atom is 0.174 e. The van der Waals surface area contributed by atoms with Gasteiger partial charge in [0.1, 0.15) is 17.6 Å². The summed E-state index contributed by atoms with van der Waals surface area (Å²) in [5.41, 5.74) is 5.38. The Kier molecular flexibility index (Phi) is 9.92. The first-order valence-electron chi connectivity index (χ1n) is 13.4.